The highest BCUT2D eigenvalue weighted by atomic mass is 28.4. The minimum atomic E-state index is -2.48. The fraction of sp³-hybridized carbons (Fsp3) is 1.00. The lowest BCUT2D eigenvalue weighted by Crippen LogP contribution is -2.47. The van der Waals surface area contributed by atoms with Crippen LogP contribution in [-0.4, -0.2) is 36.7 Å². The van der Waals surface area contributed by atoms with Crippen LogP contribution in [0.2, 0.25) is 30.7 Å². The largest absolute Gasteiger partial charge is 0.500 e. The predicted octanol–water partition coefficient (Wildman–Crippen LogP) is 7.27. The maximum Gasteiger partial charge on any atom is 0.500 e. The van der Waals surface area contributed by atoms with E-state index in [2.05, 4.69) is 41.2 Å². The normalized spacial score (nSPS) is 12.7. The van der Waals surface area contributed by atoms with Gasteiger partial charge in [0.05, 0.1) is 8.07 Å². The summed E-state index contributed by atoms with van der Waals surface area (Å²) in [4.78, 5) is 0. The molecule has 0 atom stereocenters. The summed E-state index contributed by atoms with van der Waals surface area (Å²) < 4.78 is 18.3. The molecule has 5 heteroatoms. The first kappa shape index (κ1) is 26.3. The van der Waals surface area contributed by atoms with Gasteiger partial charge in [-0.25, -0.2) is 0 Å². The van der Waals surface area contributed by atoms with Gasteiger partial charge in [0.15, 0.2) is 0 Å². The van der Waals surface area contributed by atoms with Gasteiger partial charge >= 0.3 is 8.80 Å². The van der Waals surface area contributed by atoms with Gasteiger partial charge in [0.1, 0.15) is 0 Å². The molecule has 0 aromatic heterocycles. The first-order chi connectivity index (χ1) is 12.5. The summed E-state index contributed by atoms with van der Waals surface area (Å²) in [6, 6.07) is 5.26. The Morgan fingerprint density at radius 1 is 0.500 bits per heavy atom. The molecular weight excluding hydrogens is 356 g/mol. The zero-order chi connectivity index (χ0) is 19.7. The van der Waals surface area contributed by atoms with E-state index in [4.69, 9.17) is 13.3 Å². The second kappa shape index (κ2) is 16.3. The Bertz CT molecular complexity index is 285. The predicted molar refractivity (Wildman–Crippen MR) is 120 cm³/mol. The summed E-state index contributed by atoms with van der Waals surface area (Å²) in [5.41, 5.74) is 0. The molecule has 26 heavy (non-hydrogen) atoms. The first-order valence-electron chi connectivity index (χ1n) is 11.4. The number of hydrogen-bond acceptors (Lipinski definition) is 3. The molecular formula is C21H48O3Si2. The van der Waals surface area contributed by atoms with Crippen LogP contribution in [0.3, 0.4) is 0 Å². The van der Waals surface area contributed by atoms with Crippen LogP contribution in [0.25, 0.3) is 0 Å². The van der Waals surface area contributed by atoms with E-state index in [1.807, 2.05) is 0 Å². The lowest BCUT2D eigenvalue weighted by molar-refractivity contribution is 0.0724. The van der Waals surface area contributed by atoms with E-state index in [1.54, 1.807) is 0 Å². The summed E-state index contributed by atoms with van der Waals surface area (Å²) >= 11 is 0. The Kier molecular flexibility index (Phi) is 16.5. The fourth-order valence-electron chi connectivity index (χ4n) is 3.79. The van der Waals surface area contributed by atoms with Gasteiger partial charge in [-0.05, 0) is 20.8 Å². The molecule has 0 unspecified atom stereocenters. The number of hydrogen-bond donors (Lipinski definition) is 0. The number of rotatable bonds is 19. The zero-order valence-corrected chi connectivity index (χ0v) is 20.8. The SMILES string of the molecule is CCCCCC[Si](C)(CCCCCC)CC[Si](OCC)(OCC)OCC. The van der Waals surface area contributed by atoms with Gasteiger partial charge in [-0.15, -0.1) is 0 Å². The minimum absolute atomic E-state index is 0.692. The summed E-state index contributed by atoms with van der Waals surface area (Å²) in [5, 5.41) is 0. The molecule has 0 saturated carbocycles. The van der Waals surface area contributed by atoms with Gasteiger partial charge < -0.3 is 13.3 Å². The lowest BCUT2D eigenvalue weighted by atomic mass is 10.2. The Labute approximate surface area is 167 Å². The van der Waals surface area contributed by atoms with Crippen LogP contribution in [0.15, 0.2) is 0 Å². The van der Waals surface area contributed by atoms with Crippen molar-refractivity contribution in [3.8, 4) is 0 Å². The van der Waals surface area contributed by atoms with Gasteiger partial charge in [-0.3, -0.25) is 0 Å². The standard InChI is InChI=1S/C21H48O3Si2/c1-7-12-14-16-18-25(6,19-17-15-13-8-2)20-21-26(22-9-3,23-10-4)24-11-5/h7-21H2,1-6H3. The molecule has 0 aliphatic heterocycles. The molecule has 0 aromatic rings. The van der Waals surface area contributed by atoms with Crippen molar-refractivity contribution in [1.29, 1.82) is 0 Å². The average Bonchev–Trinajstić information content (AvgIpc) is 2.62. The second-order valence-electron chi connectivity index (χ2n) is 7.91. The molecule has 0 saturated heterocycles. The smallest absolute Gasteiger partial charge is 0.374 e. The Balaban J connectivity index is 4.85. The van der Waals surface area contributed by atoms with Gasteiger partial charge in [0.25, 0.3) is 0 Å². The molecule has 0 aromatic carbocycles. The van der Waals surface area contributed by atoms with Gasteiger partial charge in [-0.1, -0.05) is 89.9 Å². The third-order valence-electron chi connectivity index (χ3n) is 5.40. The molecule has 0 rings (SSSR count). The summed E-state index contributed by atoms with van der Waals surface area (Å²) in [7, 11) is -3.73. The van der Waals surface area contributed by atoms with Crippen molar-refractivity contribution < 1.29 is 13.3 Å². The maximum absolute atomic E-state index is 6.11. The maximum atomic E-state index is 6.11. The highest BCUT2D eigenvalue weighted by Gasteiger charge is 2.42. The molecule has 0 amide bonds. The second-order valence-corrected chi connectivity index (χ2v) is 15.8. The topological polar surface area (TPSA) is 27.7 Å². The summed E-state index contributed by atoms with van der Waals surface area (Å²) in [6.07, 6.45) is 11.0. The molecule has 0 radical (unpaired) electrons. The molecule has 0 aliphatic carbocycles. The molecule has 0 bridgehead atoms. The van der Waals surface area contributed by atoms with E-state index in [-0.39, 0.29) is 0 Å². The van der Waals surface area contributed by atoms with Crippen molar-refractivity contribution >= 4 is 16.9 Å². The van der Waals surface area contributed by atoms with E-state index in [0.717, 1.165) is 6.04 Å². The first-order valence-corrected chi connectivity index (χ1v) is 16.5. The van der Waals surface area contributed by atoms with E-state index < -0.39 is 16.9 Å². The van der Waals surface area contributed by atoms with Crippen molar-refractivity contribution in [2.75, 3.05) is 19.8 Å². The lowest BCUT2D eigenvalue weighted by Gasteiger charge is -2.33. The van der Waals surface area contributed by atoms with Crippen LogP contribution in [0.4, 0.5) is 0 Å². The highest BCUT2D eigenvalue weighted by molar-refractivity contribution is 6.80. The molecule has 3 nitrogen and oxygen atoms in total. The van der Waals surface area contributed by atoms with Crippen LogP contribution in [0, 0.1) is 0 Å². The zero-order valence-electron chi connectivity index (χ0n) is 18.8. The molecule has 0 aliphatic rings. The Hall–Kier alpha value is 0.314. The van der Waals surface area contributed by atoms with Gasteiger partial charge in [0, 0.05) is 25.9 Å². The van der Waals surface area contributed by atoms with E-state index in [0.29, 0.717) is 19.8 Å². The minimum Gasteiger partial charge on any atom is -0.374 e. The van der Waals surface area contributed by atoms with Crippen molar-refractivity contribution in [3.63, 3.8) is 0 Å². The van der Waals surface area contributed by atoms with Crippen molar-refractivity contribution in [2.45, 2.75) is 117 Å². The quantitative estimate of drug-likeness (QED) is 0.167. The third-order valence-corrected chi connectivity index (χ3v) is 13.5. The van der Waals surface area contributed by atoms with Crippen molar-refractivity contribution in [3.05, 3.63) is 0 Å². The molecule has 158 valence electrons. The van der Waals surface area contributed by atoms with Gasteiger partial charge in [0.2, 0.25) is 0 Å². The third kappa shape index (κ3) is 11.9. The van der Waals surface area contributed by atoms with Crippen LogP contribution in [0.1, 0.15) is 86.0 Å². The molecule has 0 heterocycles. The van der Waals surface area contributed by atoms with E-state index in [1.165, 1.54) is 69.5 Å². The fourth-order valence-corrected chi connectivity index (χ4v) is 12.4. The van der Waals surface area contributed by atoms with Crippen LogP contribution < -0.4 is 0 Å². The summed E-state index contributed by atoms with van der Waals surface area (Å²) in [6.45, 7) is 15.5. The van der Waals surface area contributed by atoms with Crippen LogP contribution >= 0.6 is 0 Å². The van der Waals surface area contributed by atoms with E-state index >= 15 is 0 Å². The van der Waals surface area contributed by atoms with E-state index in [9.17, 15) is 0 Å². The number of unbranched alkanes of at least 4 members (excludes halogenated alkanes) is 6. The van der Waals surface area contributed by atoms with Crippen LogP contribution in [-0.2, 0) is 13.3 Å². The van der Waals surface area contributed by atoms with Gasteiger partial charge in [-0.2, -0.15) is 0 Å². The Morgan fingerprint density at radius 3 is 1.27 bits per heavy atom. The monoisotopic (exact) mass is 404 g/mol. The molecule has 0 N–H and O–H groups in total. The van der Waals surface area contributed by atoms with Crippen molar-refractivity contribution in [1.82, 2.24) is 0 Å². The highest BCUT2D eigenvalue weighted by Crippen LogP contribution is 2.32. The Morgan fingerprint density at radius 2 is 0.923 bits per heavy atom. The molecule has 0 fully saturated rings. The average molecular weight is 405 g/mol. The van der Waals surface area contributed by atoms with Crippen molar-refractivity contribution in [2.24, 2.45) is 0 Å². The summed E-state index contributed by atoms with van der Waals surface area (Å²) in [5.74, 6) is 0. The molecule has 0 spiro atoms. The van der Waals surface area contributed by atoms with Crippen LogP contribution in [0.5, 0.6) is 0 Å².